The summed E-state index contributed by atoms with van der Waals surface area (Å²) < 4.78 is 5.69. The van der Waals surface area contributed by atoms with Gasteiger partial charge in [0.05, 0.1) is 16.6 Å². The molecule has 2 rings (SSSR count). The maximum Gasteiger partial charge on any atom is 0.276 e. The highest BCUT2D eigenvalue weighted by molar-refractivity contribution is 5.48. The van der Waals surface area contributed by atoms with Gasteiger partial charge in [-0.15, -0.1) is 0 Å². The van der Waals surface area contributed by atoms with Gasteiger partial charge in [-0.25, -0.2) is 0 Å². The number of likely N-dealkylation sites (N-methyl/N-ethyl adjacent to an activating group) is 1. The summed E-state index contributed by atoms with van der Waals surface area (Å²) >= 11 is 0. The van der Waals surface area contributed by atoms with Gasteiger partial charge in [0.1, 0.15) is 17.9 Å². The Balaban J connectivity index is 2.17. The molecule has 0 heterocycles. The zero-order chi connectivity index (χ0) is 14.8. The van der Waals surface area contributed by atoms with Crippen LogP contribution in [0.15, 0.2) is 18.2 Å². The number of nitrogens with one attached hydrogen (secondary N) is 1. The van der Waals surface area contributed by atoms with Gasteiger partial charge in [0.2, 0.25) is 0 Å². The van der Waals surface area contributed by atoms with Crippen molar-refractivity contribution in [2.45, 2.75) is 25.3 Å². The Morgan fingerprint density at radius 2 is 2.30 bits per heavy atom. The van der Waals surface area contributed by atoms with E-state index in [9.17, 15) is 15.4 Å². The summed E-state index contributed by atoms with van der Waals surface area (Å²) in [6, 6.07) is 7.00. The molecular weight excluding hydrogens is 258 g/mol. The number of nitrogens with zero attached hydrogens (tertiary/aromatic N) is 2. The second-order valence-corrected chi connectivity index (χ2v) is 5.05. The quantitative estimate of drug-likeness (QED) is 0.635. The Labute approximate surface area is 117 Å². The maximum atomic E-state index is 10.9. The largest absolute Gasteiger partial charge is 0.490 e. The molecule has 1 unspecified atom stereocenters. The topological polar surface area (TPSA) is 88.2 Å². The summed E-state index contributed by atoms with van der Waals surface area (Å²) in [6.07, 6.45) is 2.01. The highest BCUT2D eigenvalue weighted by Gasteiger charge is 2.45. The van der Waals surface area contributed by atoms with Crippen molar-refractivity contribution in [3.63, 3.8) is 0 Å². The Morgan fingerprint density at radius 3 is 2.80 bits per heavy atom. The summed E-state index contributed by atoms with van der Waals surface area (Å²) in [5.41, 5.74) is -0.200. The lowest BCUT2D eigenvalue weighted by Gasteiger charge is -2.26. The van der Waals surface area contributed by atoms with E-state index in [-0.39, 0.29) is 18.2 Å². The smallest absolute Gasteiger partial charge is 0.276 e. The fourth-order valence-corrected chi connectivity index (χ4v) is 2.30. The van der Waals surface area contributed by atoms with Crippen LogP contribution in [0.1, 0.15) is 18.4 Å². The number of hydrogen-bond acceptors (Lipinski definition) is 5. The molecular formula is C14H17N3O3. The van der Waals surface area contributed by atoms with E-state index in [4.69, 9.17) is 4.74 Å². The number of benzene rings is 1. The SMILES string of the molecule is CNC(C#N)(COc1cccc([N+](=O)[O-])c1C)C1CC1. The molecule has 1 aliphatic rings. The van der Waals surface area contributed by atoms with Crippen LogP contribution < -0.4 is 10.1 Å². The molecule has 0 saturated heterocycles. The average Bonchev–Trinajstić information content (AvgIpc) is 3.27. The molecule has 0 spiro atoms. The molecule has 0 radical (unpaired) electrons. The molecule has 1 aliphatic carbocycles. The van der Waals surface area contributed by atoms with Gasteiger partial charge < -0.3 is 4.74 Å². The van der Waals surface area contributed by atoms with Crippen molar-refractivity contribution >= 4 is 5.69 Å². The molecule has 1 saturated carbocycles. The van der Waals surface area contributed by atoms with E-state index in [0.29, 0.717) is 11.3 Å². The summed E-state index contributed by atoms with van der Waals surface area (Å²) in [6.45, 7) is 1.84. The van der Waals surface area contributed by atoms with Gasteiger partial charge in [-0.3, -0.25) is 15.4 Å². The lowest BCUT2D eigenvalue weighted by Crippen LogP contribution is -2.49. The maximum absolute atomic E-state index is 10.9. The van der Waals surface area contributed by atoms with E-state index in [1.807, 2.05) is 0 Å². The summed E-state index contributed by atoms with van der Waals surface area (Å²) in [7, 11) is 1.74. The Hall–Kier alpha value is -2.13. The number of nitro groups is 1. The molecule has 1 fully saturated rings. The van der Waals surface area contributed by atoms with Crippen LogP contribution in [-0.4, -0.2) is 24.1 Å². The van der Waals surface area contributed by atoms with Crippen molar-refractivity contribution in [2.75, 3.05) is 13.7 Å². The van der Waals surface area contributed by atoms with Crippen molar-refractivity contribution < 1.29 is 9.66 Å². The number of rotatable bonds is 6. The van der Waals surface area contributed by atoms with E-state index < -0.39 is 10.5 Å². The van der Waals surface area contributed by atoms with Gasteiger partial charge in [0.15, 0.2) is 0 Å². The number of ether oxygens (including phenoxy) is 1. The van der Waals surface area contributed by atoms with Gasteiger partial charge in [-0.1, -0.05) is 6.07 Å². The van der Waals surface area contributed by atoms with Crippen molar-refractivity contribution in [3.8, 4) is 11.8 Å². The molecule has 6 heteroatoms. The number of hydrogen-bond donors (Lipinski definition) is 1. The first kappa shape index (κ1) is 14.3. The van der Waals surface area contributed by atoms with Gasteiger partial charge in [-0.05, 0) is 38.8 Å². The third kappa shape index (κ3) is 2.58. The van der Waals surface area contributed by atoms with Crippen LogP contribution in [0.2, 0.25) is 0 Å². The molecule has 6 nitrogen and oxygen atoms in total. The lowest BCUT2D eigenvalue weighted by atomic mass is 9.96. The first-order chi connectivity index (χ1) is 9.54. The Bertz CT molecular complexity index is 563. The number of nitro benzene ring substituents is 1. The first-order valence-electron chi connectivity index (χ1n) is 6.51. The van der Waals surface area contributed by atoms with Gasteiger partial charge >= 0.3 is 0 Å². The van der Waals surface area contributed by atoms with Crippen LogP contribution in [0, 0.1) is 34.3 Å². The molecule has 0 aromatic heterocycles. The van der Waals surface area contributed by atoms with E-state index in [1.165, 1.54) is 6.07 Å². The third-order valence-corrected chi connectivity index (χ3v) is 3.83. The fraction of sp³-hybridized carbons (Fsp3) is 0.500. The summed E-state index contributed by atoms with van der Waals surface area (Å²) in [4.78, 5) is 10.5. The molecule has 0 amide bonds. The molecule has 1 atom stereocenters. The minimum absolute atomic E-state index is 0.0286. The van der Waals surface area contributed by atoms with E-state index in [1.54, 1.807) is 26.1 Å². The first-order valence-corrected chi connectivity index (χ1v) is 6.51. The fourth-order valence-electron chi connectivity index (χ4n) is 2.30. The molecule has 106 valence electrons. The minimum Gasteiger partial charge on any atom is -0.490 e. The number of nitriles is 1. The normalized spacial score (nSPS) is 17.1. The van der Waals surface area contributed by atoms with E-state index >= 15 is 0 Å². The lowest BCUT2D eigenvalue weighted by molar-refractivity contribution is -0.385. The van der Waals surface area contributed by atoms with Crippen LogP contribution >= 0.6 is 0 Å². The van der Waals surface area contributed by atoms with E-state index in [2.05, 4.69) is 11.4 Å². The monoisotopic (exact) mass is 275 g/mol. The summed E-state index contributed by atoms with van der Waals surface area (Å²) in [5, 5.41) is 23.3. The molecule has 1 aromatic carbocycles. The predicted octanol–water partition coefficient (Wildman–Crippen LogP) is 2.17. The van der Waals surface area contributed by atoms with Gasteiger partial charge in [0.25, 0.3) is 5.69 Å². The van der Waals surface area contributed by atoms with Crippen LogP contribution in [-0.2, 0) is 0 Å². The van der Waals surface area contributed by atoms with Crippen molar-refractivity contribution in [2.24, 2.45) is 5.92 Å². The highest BCUT2D eigenvalue weighted by Crippen LogP contribution is 2.40. The predicted molar refractivity (Wildman–Crippen MR) is 73.5 cm³/mol. The third-order valence-electron chi connectivity index (χ3n) is 3.83. The average molecular weight is 275 g/mol. The molecule has 20 heavy (non-hydrogen) atoms. The van der Waals surface area contributed by atoms with Crippen LogP contribution in [0.4, 0.5) is 5.69 Å². The molecule has 0 bridgehead atoms. The van der Waals surface area contributed by atoms with Crippen molar-refractivity contribution in [3.05, 3.63) is 33.9 Å². The van der Waals surface area contributed by atoms with Gasteiger partial charge in [0, 0.05) is 6.07 Å². The summed E-state index contributed by atoms with van der Waals surface area (Å²) in [5.74, 6) is 0.742. The molecule has 1 aromatic rings. The van der Waals surface area contributed by atoms with Crippen molar-refractivity contribution in [1.29, 1.82) is 5.26 Å². The standard InChI is InChI=1S/C14H17N3O3/c1-10-12(17(18)19)4-3-5-13(10)20-9-14(8-15,16-2)11-6-7-11/h3-5,11,16H,6-7,9H2,1-2H3. The second-order valence-electron chi connectivity index (χ2n) is 5.05. The Morgan fingerprint density at radius 1 is 1.60 bits per heavy atom. The van der Waals surface area contributed by atoms with Crippen LogP contribution in [0.5, 0.6) is 5.75 Å². The van der Waals surface area contributed by atoms with Crippen LogP contribution in [0.3, 0.4) is 0 Å². The Kier molecular flexibility index (Phi) is 3.91. The highest BCUT2D eigenvalue weighted by atomic mass is 16.6. The minimum atomic E-state index is -0.711. The second kappa shape index (κ2) is 5.47. The molecule has 1 N–H and O–H groups in total. The van der Waals surface area contributed by atoms with Gasteiger partial charge in [-0.2, -0.15) is 5.26 Å². The zero-order valence-corrected chi connectivity index (χ0v) is 11.5. The molecule has 0 aliphatic heterocycles. The van der Waals surface area contributed by atoms with E-state index in [0.717, 1.165) is 12.8 Å². The van der Waals surface area contributed by atoms with Crippen molar-refractivity contribution in [1.82, 2.24) is 5.32 Å². The van der Waals surface area contributed by atoms with Crippen LogP contribution in [0.25, 0.3) is 0 Å². The zero-order valence-electron chi connectivity index (χ0n) is 11.5.